The first-order valence-corrected chi connectivity index (χ1v) is 10.4. The van der Waals surface area contributed by atoms with E-state index in [0.29, 0.717) is 34.1 Å². The normalized spacial score (nSPS) is 22.6. The number of fused-ring (bicyclic) bond motifs is 3. The van der Waals surface area contributed by atoms with Crippen molar-refractivity contribution in [1.29, 1.82) is 0 Å². The third kappa shape index (κ3) is 3.58. The molecule has 2 aliphatic rings. The van der Waals surface area contributed by atoms with E-state index in [0.717, 1.165) is 16.8 Å². The number of furan rings is 1. The Bertz CT molecular complexity index is 1070. The smallest absolute Gasteiger partial charge is 0.270 e. The molecule has 7 heteroatoms. The maximum Gasteiger partial charge on any atom is 0.270 e. The molecule has 148 valence electrons. The fraction of sp³-hybridized carbons (Fsp3) is 0.318. The maximum atomic E-state index is 12.9. The Morgan fingerprint density at radius 2 is 2.00 bits per heavy atom. The van der Waals surface area contributed by atoms with Crippen LogP contribution < -0.4 is 16.2 Å². The molecule has 0 saturated heterocycles. The first kappa shape index (κ1) is 18.1. The third-order valence-electron chi connectivity index (χ3n) is 6.08. The summed E-state index contributed by atoms with van der Waals surface area (Å²) in [7, 11) is 0. The number of amides is 1. The molecule has 2 fully saturated rings. The van der Waals surface area contributed by atoms with Gasteiger partial charge in [0.05, 0.1) is 17.3 Å². The van der Waals surface area contributed by atoms with Crippen molar-refractivity contribution in [3.8, 4) is 11.5 Å². The SMILES string of the molecule is O=C(NNC(=S)NC1CC2CCC1C2)c1cc(-c2ccco2)nc2ccccc12. The molecule has 2 aliphatic carbocycles. The number of rotatable bonds is 3. The number of hydrazine groups is 1. The van der Waals surface area contributed by atoms with E-state index in [1.54, 1.807) is 18.4 Å². The lowest BCUT2D eigenvalue weighted by atomic mass is 9.96. The first-order valence-electron chi connectivity index (χ1n) is 9.98. The highest BCUT2D eigenvalue weighted by atomic mass is 32.1. The fourth-order valence-electron chi connectivity index (χ4n) is 4.72. The summed E-state index contributed by atoms with van der Waals surface area (Å²) in [5.74, 6) is 1.88. The highest BCUT2D eigenvalue weighted by Crippen LogP contribution is 2.44. The number of aromatic nitrogens is 1. The van der Waals surface area contributed by atoms with Gasteiger partial charge < -0.3 is 9.73 Å². The van der Waals surface area contributed by atoms with Crippen molar-refractivity contribution in [3.05, 3.63) is 54.3 Å². The van der Waals surface area contributed by atoms with Crippen LogP contribution in [0.1, 0.15) is 36.0 Å². The molecule has 0 aliphatic heterocycles. The molecule has 6 nitrogen and oxygen atoms in total. The lowest BCUT2D eigenvalue weighted by Gasteiger charge is -2.24. The minimum Gasteiger partial charge on any atom is -0.463 e. The average molecular weight is 407 g/mol. The Labute approximate surface area is 174 Å². The fourth-order valence-corrected chi connectivity index (χ4v) is 4.92. The molecule has 3 aromatic rings. The summed E-state index contributed by atoms with van der Waals surface area (Å²) in [5.41, 5.74) is 7.45. The lowest BCUT2D eigenvalue weighted by Crippen LogP contribution is -2.50. The van der Waals surface area contributed by atoms with E-state index in [1.807, 2.05) is 30.3 Å². The van der Waals surface area contributed by atoms with E-state index in [-0.39, 0.29) is 5.91 Å². The van der Waals surface area contributed by atoms with E-state index >= 15 is 0 Å². The highest BCUT2D eigenvalue weighted by Gasteiger charge is 2.39. The van der Waals surface area contributed by atoms with Crippen LogP contribution in [0.15, 0.2) is 53.1 Å². The quantitative estimate of drug-likeness (QED) is 0.454. The maximum absolute atomic E-state index is 12.9. The average Bonchev–Trinajstić information content (AvgIpc) is 3.49. The monoisotopic (exact) mass is 406 g/mol. The molecule has 3 N–H and O–H groups in total. The van der Waals surface area contributed by atoms with Gasteiger partial charge in [-0.3, -0.25) is 15.6 Å². The Hall–Kier alpha value is -2.93. The van der Waals surface area contributed by atoms with Crippen molar-refractivity contribution >= 4 is 34.1 Å². The zero-order valence-corrected chi connectivity index (χ0v) is 16.7. The second-order valence-corrected chi connectivity index (χ2v) is 8.29. The highest BCUT2D eigenvalue weighted by molar-refractivity contribution is 7.80. The minimum atomic E-state index is -0.270. The molecule has 5 rings (SSSR count). The van der Waals surface area contributed by atoms with Crippen molar-refractivity contribution < 1.29 is 9.21 Å². The molecular formula is C22H22N4O2S. The second-order valence-electron chi connectivity index (χ2n) is 7.88. The molecule has 2 aromatic heterocycles. The van der Waals surface area contributed by atoms with Crippen molar-refractivity contribution in [2.45, 2.75) is 31.7 Å². The van der Waals surface area contributed by atoms with Crippen LogP contribution in [-0.4, -0.2) is 22.0 Å². The molecule has 1 aromatic carbocycles. The number of pyridine rings is 1. The Balaban J connectivity index is 1.32. The van der Waals surface area contributed by atoms with Gasteiger partial charge in [-0.2, -0.15) is 0 Å². The van der Waals surface area contributed by atoms with Crippen LogP contribution in [0.25, 0.3) is 22.4 Å². The Morgan fingerprint density at radius 3 is 2.76 bits per heavy atom. The van der Waals surface area contributed by atoms with E-state index in [9.17, 15) is 4.79 Å². The van der Waals surface area contributed by atoms with Crippen LogP contribution in [0.4, 0.5) is 0 Å². The number of hydrogen-bond donors (Lipinski definition) is 3. The van der Waals surface area contributed by atoms with Crippen LogP contribution in [0, 0.1) is 11.8 Å². The standard InChI is InChI=1S/C22H22N4O2S/c27-21(25-26-22(29)24-18-11-13-7-8-14(18)10-13)16-12-19(20-6-3-9-28-20)23-17-5-2-1-4-15(16)17/h1-6,9,12-14,18H,7-8,10-11H2,(H,25,27)(H2,24,26,29). The van der Waals surface area contributed by atoms with Crippen LogP contribution in [0.3, 0.4) is 0 Å². The predicted octanol–water partition coefficient (Wildman–Crippen LogP) is 3.79. The molecule has 1 amide bonds. The molecule has 3 unspecified atom stereocenters. The van der Waals surface area contributed by atoms with Crippen LogP contribution in [0.2, 0.25) is 0 Å². The molecule has 2 saturated carbocycles. The second kappa shape index (κ2) is 7.48. The van der Waals surface area contributed by atoms with Crippen molar-refractivity contribution in [2.75, 3.05) is 0 Å². The van der Waals surface area contributed by atoms with Crippen molar-refractivity contribution in [2.24, 2.45) is 11.8 Å². The Morgan fingerprint density at radius 1 is 1.10 bits per heavy atom. The molecule has 2 heterocycles. The molecule has 0 spiro atoms. The topological polar surface area (TPSA) is 79.2 Å². The van der Waals surface area contributed by atoms with Crippen LogP contribution in [0.5, 0.6) is 0 Å². The Kier molecular flexibility index (Phi) is 4.67. The molecular weight excluding hydrogens is 384 g/mol. The van der Waals surface area contributed by atoms with Crippen LogP contribution >= 0.6 is 12.2 Å². The van der Waals surface area contributed by atoms with Gasteiger partial charge >= 0.3 is 0 Å². The number of benzene rings is 1. The first-order chi connectivity index (χ1) is 14.2. The number of nitrogens with zero attached hydrogens (tertiary/aromatic N) is 1. The van der Waals surface area contributed by atoms with Gasteiger partial charge in [0.2, 0.25) is 0 Å². The summed E-state index contributed by atoms with van der Waals surface area (Å²) < 4.78 is 5.46. The van der Waals surface area contributed by atoms with Gasteiger partial charge in [0, 0.05) is 11.4 Å². The summed E-state index contributed by atoms with van der Waals surface area (Å²) >= 11 is 5.40. The number of para-hydroxylation sites is 1. The van der Waals surface area contributed by atoms with Gasteiger partial charge in [0.1, 0.15) is 5.69 Å². The van der Waals surface area contributed by atoms with Gasteiger partial charge in [-0.1, -0.05) is 24.6 Å². The van der Waals surface area contributed by atoms with Gasteiger partial charge in [0.15, 0.2) is 10.9 Å². The molecule has 2 bridgehead atoms. The van der Waals surface area contributed by atoms with Crippen molar-refractivity contribution in [1.82, 2.24) is 21.2 Å². The summed E-state index contributed by atoms with van der Waals surface area (Å²) in [6.45, 7) is 0. The minimum absolute atomic E-state index is 0.270. The van der Waals surface area contributed by atoms with E-state index < -0.39 is 0 Å². The predicted molar refractivity (Wildman–Crippen MR) is 115 cm³/mol. The molecule has 0 radical (unpaired) electrons. The van der Waals surface area contributed by atoms with Gasteiger partial charge in [-0.05, 0) is 67.6 Å². The number of carbonyl (C=O) groups excluding carboxylic acids is 1. The van der Waals surface area contributed by atoms with Gasteiger partial charge in [-0.15, -0.1) is 0 Å². The van der Waals surface area contributed by atoms with E-state index in [2.05, 4.69) is 21.2 Å². The largest absolute Gasteiger partial charge is 0.463 e. The molecule has 3 atom stereocenters. The zero-order chi connectivity index (χ0) is 19.8. The summed E-state index contributed by atoms with van der Waals surface area (Å²) in [5, 5.41) is 4.60. The number of thiocarbonyl (C=S) groups is 1. The molecule has 29 heavy (non-hydrogen) atoms. The zero-order valence-electron chi connectivity index (χ0n) is 15.9. The summed E-state index contributed by atoms with van der Waals surface area (Å²) in [6.07, 6.45) is 6.67. The van der Waals surface area contributed by atoms with Crippen molar-refractivity contribution in [3.63, 3.8) is 0 Å². The summed E-state index contributed by atoms with van der Waals surface area (Å²) in [4.78, 5) is 17.5. The third-order valence-corrected chi connectivity index (χ3v) is 6.30. The lowest BCUT2D eigenvalue weighted by molar-refractivity contribution is 0.0945. The number of hydrogen-bond acceptors (Lipinski definition) is 4. The number of nitrogens with one attached hydrogen (secondary N) is 3. The van der Waals surface area contributed by atoms with Crippen LogP contribution in [-0.2, 0) is 0 Å². The van der Waals surface area contributed by atoms with Gasteiger partial charge in [-0.25, -0.2) is 4.98 Å². The van der Waals surface area contributed by atoms with Gasteiger partial charge in [0.25, 0.3) is 5.91 Å². The summed E-state index contributed by atoms with van der Waals surface area (Å²) in [6, 6.07) is 13.3. The van der Waals surface area contributed by atoms with E-state index in [1.165, 1.54) is 25.7 Å². The number of carbonyl (C=O) groups is 1. The van der Waals surface area contributed by atoms with E-state index in [4.69, 9.17) is 16.6 Å².